The highest BCUT2D eigenvalue weighted by Crippen LogP contribution is 2.26. The number of aliphatic carboxylic acids is 1. The molecular weight excluding hydrogens is 162 g/mol. The van der Waals surface area contributed by atoms with Crippen molar-refractivity contribution in [3.05, 3.63) is 0 Å². The lowest BCUT2D eigenvalue weighted by Crippen LogP contribution is -2.36. The second-order valence-electron chi connectivity index (χ2n) is 2.91. The highest BCUT2D eigenvalue weighted by molar-refractivity contribution is 7.59. The molecule has 1 aliphatic carbocycles. The van der Waals surface area contributed by atoms with Gasteiger partial charge in [0, 0.05) is 0 Å². The van der Waals surface area contributed by atoms with Crippen molar-refractivity contribution < 1.29 is 9.90 Å². The molecule has 0 spiro atoms. The predicted molar refractivity (Wildman–Crippen MR) is 48.0 cm³/mol. The van der Waals surface area contributed by atoms with Gasteiger partial charge >= 0.3 is 5.97 Å². The van der Waals surface area contributed by atoms with Crippen LogP contribution in [0.15, 0.2) is 0 Å². The highest BCUT2D eigenvalue weighted by atomic mass is 32.1. The average molecular weight is 177 g/mol. The van der Waals surface area contributed by atoms with Crippen LogP contribution in [0.25, 0.3) is 0 Å². The average Bonchev–Trinajstić information content (AvgIpc) is 2.36. The Bertz CT molecular complexity index is 134. The molecule has 66 valence electrons. The van der Waals surface area contributed by atoms with E-state index in [-0.39, 0.29) is 19.4 Å². The first kappa shape index (κ1) is 10.8. The van der Waals surface area contributed by atoms with E-state index in [1.165, 1.54) is 0 Å². The fourth-order valence-electron chi connectivity index (χ4n) is 1.52. The van der Waals surface area contributed by atoms with Crippen molar-refractivity contribution in [3.8, 4) is 0 Å². The summed E-state index contributed by atoms with van der Waals surface area (Å²) in [6.45, 7) is 0. The summed E-state index contributed by atoms with van der Waals surface area (Å²) in [5.74, 6) is -0.621. The van der Waals surface area contributed by atoms with Crippen molar-refractivity contribution >= 4 is 19.5 Å². The maximum atomic E-state index is 10.4. The molecule has 0 heterocycles. The van der Waals surface area contributed by atoms with Crippen molar-refractivity contribution in [2.75, 3.05) is 0 Å². The SMILES string of the molecule is N[C@H](C(=O)O)C1CCCC1.S. The predicted octanol–water partition coefficient (Wildman–Crippen LogP) is 0.701. The zero-order chi connectivity index (χ0) is 7.56. The number of carboxylic acids is 1. The number of rotatable bonds is 2. The monoisotopic (exact) mass is 177 g/mol. The molecule has 3 N–H and O–H groups in total. The Morgan fingerprint density at radius 3 is 2.27 bits per heavy atom. The lowest BCUT2D eigenvalue weighted by molar-refractivity contribution is -0.139. The third-order valence-corrected chi connectivity index (χ3v) is 2.19. The van der Waals surface area contributed by atoms with Crippen LogP contribution in [-0.4, -0.2) is 17.1 Å². The van der Waals surface area contributed by atoms with Crippen LogP contribution in [-0.2, 0) is 4.79 Å². The summed E-state index contributed by atoms with van der Waals surface area (Å²) in [4.78, 5) is 10.4. The first-order valence-electron chi connectivity index (χ1n) is 3.70. The fourth-order valence-corrected chi connectivity index (χ4v) is 1.52. The maximum Gasteiger partial charge on any atom is 0.320 e. The largest absolute Gasteiger partial charge is 0.480 e. The second kappa shape index (κ2) is 4.62. The summed E-state index contributed by atoms with van der Waals surface area (Å²) < 4.78 is 0. The van der Waals surface area contributed by atoms with E-state index in [1.54, 1.807) is 0 Å². The molecule has 1 aliphatic rings. The lowest BCUT2D eigenvalue weighted by atomic mass is 9.99. The summed E-state index contributed by atoms with van der Waals surface area (Å²) in [5.41, 5.74) is 5.42. The molecule has 0 radical (unpaired) electrons. The Balaban J connectivity index is 0.000001000. The first-order valence-corrected chi connectivity index (χ1v) is 3.70. The zero-order valence-corrected chi connectivity index (χ0v) is 7.42. The summed E-state index contributed by atoms with van der Waals surface area (Å²) in [6, 6.07) is -0.623. The molecule has 1 fully saturated rings. The molecule has 0 saturated heterocycles. The number of hydrogen-bond donors (Lipinski definition) is 2. The van der Waals surface area contributed by atoms with Crippen molar-refractivity contribution in [2.45, 2.75) is 31.7 Å². The first-order chi connectivity index (χ1) is 4.72. The molecule has 1 atom stereocenters. The van der Waals surface area contributed by atoms with Gasteiger partial charge in [0.1, 0.15) is 6.04 Å². The molecule has 0 aromatic rings. The van der Waals surface area contributed by atoms with E-state index in [0.29, 0.717) is 0 Å². The minimum absolute atomic E-state index is 0. The van der Waals surface area contributed by atoms with Gasteiger partial charge in [0.05, 0.1) is 0 Å². The Hall–Kier alpha value is -0.220. The molecule has 0 aliphatic heterocycles. The van der Waals surface area contributed by atoms with E-state index in [2.05, 4.69) is 0 Å². The quantitative estimate of drug-likeness (QED) is 0.652. The summed E-state index contributed by atoms with van der Waals surface area (Å²) >= 11 is 0. The Morgan fingerprint density at radius 1 is 1.45 bits per heavy atom. The molecule has 0 amide bonds. The van der Waals surface area contributed by atoms with E-state index >= 15 is 0 Å². The third-order valence-electron chi connectivity index (χ3n) is 2.19. The van der Waals surface area contributed by atoms with Crippen LogP contribution in [0.2, 0.25) is 0 Å². The van der Waals surface area contributed by atoms with Gasteiger partial charge in [-0.25, -0.2) is 0 Å². The van der Waals surface area contributed by atoms with Crippen molar-refractivity contribution in [1.82, 2.24) is 0 Å². The minimum atomic E-state index is -0.855. The van der Waals surface area contributed by atoms with Gasteiger partial charge in [0.15, 0.2) is 0 Å². The molecule has 0 unspecified atom stereocenters. The van der Waals surface area contributed by atoms with Crippen LogP contribution < -0.4 is 5.73 Å². The maximum absolute atomic E-state index is 10.4. The molecule has 0 aromatic heterocycles. The van der Waals surface area contributed by atoms with Crippen LogP contribution in [0.1, 0.15) is 25.7 Å². The molecule has 11 heavy (non-hydrogen) atoms. The summed E-state index contributed by atoms with van der Waals surface area (Å²) in [5, 5.41) is 8.52. The number of carbonyl (C=O) groups is 1. The summed E-state index contributed by atoms with van der Waals surface area (Å²) in [7, 11) is 0. The fraction of sp³-hybridized carbons (Fsp3) is 0.857. The van der Waals surface area contributed by atoms with Crippen LogP contribution in [0, 0.1) is 5.92 Å². The van der Waals surface area contributed by atoms with Crippen molar-refractivity contribution in [2.24, 2.45) is 11.7 Å². The van der Waals surface area contributed by atoms with Crippen molar-refractivity contribution in [1.29, 1.82) is 0 Å². The van der Waals surface area contributed by atoms with E-state index < -0.39 is 12.0 Å². The molecule has 0 aromatic carbocycles. The van der Waals surface area contributed by atoms with Crippen LogP contribution in [0.5, 0.6) is 0 Å². The molecule has 0 bridgehead atoms. The second-order valence-corrected chi connectivity index (χ2v) is 2.91. The zero-order valence-electron chi connectivity index (χ0n) is 6.42. The lowest BCUT2D eigenvalue weighted by Gasteiger charge is -2.12. The van der Waals surface area contributed by atoms with Crippen molar-refractivity contribution in [3.63, 3.8) is 0 Å². The van der Waals surface area contributed by atoms with Crippen LogP contribution >= 0.6 is 13.5 Å². The van der Waals surface area contributed by atoms with Gasteiger partial charge in [-0.15, -0.1) is 0 Å². The number of nitrogens with two attached hydrogens (primary N) is 1. The Labute approximate surface area is 73.4 Å². The molecule has 3 nitrogen and oxygen atoms in total. The van der Waals surface area contributed by atoms with E-state index in [0.717, 1.165) is 25.7 Å². The molecular formula is C7H15NO2S. The van der Waals surface area contributed by atoms with Gasteiger partial charge in [0.2, 0.25) is 0 Å². The van der Waals surface area contributed by atoms with Gasteiger partial charge in [-0.05, 0) is 18.8 Å². The van der Waals surface area contributed by atoms with E-state index in [9.17, 15) is 4.79 Å². The van der Waals surface area contributed by atoms with Gasteiger partial charge in [-0.3, -0.25) is 4.79 Å². The normalized spacial score (nSPS) is 20.8. The number of carboxylic acid groups (broad SMARTS) is 1. The van der Waals surface area contributed by atoms with Crippen LogP contribution in [0.3, 0.4) is 0 Å². The molecule has 1 saturated carbocycles. The smallest absolute Gasteiger partial charge is 0.320 e. The van der Waals surface area contributed by atoms with Crippen LogP contribution in [0.4, 0.5) is 0 Å². The van der Waals surface area contributed by atoms with Gasteiger partial charge in [-0.1, -0.05) is 12.8 Å². The topological polar surface area (TPSA) is 63.3 Å². The molecule has 1 rings (SSSR count). The Kier molecular flexibility index (Phi) is 4.52. The van der Waals surface area contributed by atoms with E-state index in [1.807, 2.05) is 0 Å². The highest BCUT2D eigenvalue weighted by Gasteiger charge is 2.26. The summed E-state index contributed by atoms with van der Waals surface area (Å²) in [6.07, 6.45) is 4.28. The Morgan fingerprint density at radius 2 is 1.91 bits per heavy atom. The van der Waals surface area contributed by atoms with Gasteiger partial charge in [0.25, 0.3) is 0 Å². The third kappa shape index (κ3) is 2.71. The van der Waals surface area contributed by atoms with Gasteiger partial charge < -0.3 is 10.8 Å². The minimum Gasteiger partial charge on any atom is -0.480 e. The van der Waals surface area contributed by atoms with E-state index in [4.69, 9.17) is 10.8 Å². The molecule has 4 heteroatoms. The van der Waals surface area contributed by atoms with Gasteiger partial charge in [-0.2, -0.15) is 13.5 Å². The standard InChI is InChI=1S/C7H13NO2.H2S/c8-6(7(9)10)5-3-1-2-4-5;/h5-6H,1-4,8H2,(H,9,10);1H2/t6-;/m0./s1. The number of hydrogen-bond acceptors (Lipinski definition) is 2.